The van der Waals surface area contributed by atoms with E-state index in [1.54, 1.807) is 0 Å². The van der Waals surface area contributed by atoms with Crippen molar-refractivity contribution >= 4 is 15.9 Å². The molecule has 0 saturated heterocycles. The van der Waals surface area contributed by atoms with E-state index < -0.39 is 0 Å². The maximum absolute atomic E-state index is 13.1. The van der Waals surface area contributed by atoms with Crippen molar-refractivity contribution < 1.29 is 4.39 Å². The Hall–Kier alpha value is -1.19. The smallest absolute Gasteiger partial charge is 0.124 e. The molecule has 0 aliphatic rings. The Morgan fingerprint density at radius 2 is 1.65 bits per heavy atom. The molecule has 0 bridgehead atoms. The lowest BCUT2D eigenvalue weighted by Crippen LogP contribution is -2.23. The van der Waals surface area contributed by atoms with Crippen LogP contribution in [0, 0.1) is 12.7 Å². The van der Waals surface area contributed by atoms with Crippen LogP contribution in [0.5, 0.6) is 0 Å². The van der Waals surface area contributed by atoms with Gasteiger partial charge < -0.3 is 5.32 Å². The van der Waals surface area contributed by atoms with Crippen molar-refractivity contribution in [3.63, 3.8) is 0 Å². The van der Waals surface area contributed by atoms with Gasteiger partial charge in [0.1, 0.15) is 5.82 Å². The van der Waals surface area contributed by atoms with E-state index in [4.69, 9.17) is 0 Å². The first kappa shape index (κ1) is 15.2. The second-order valence-electron chi connectivity index (χ2n) is 5.13. The average Bonchev–Trinajstić information content (AvgIpc) is 2.38. The zero-order valence-corrected chi connectivity index (χ0v) is 13.5. The maximum atomic E-state index is 13.1. The molecule has 0 aliphatic carbocycles. The second-order valence-corrected chi connectivity index (χ2v) is 5.99. The van der Waals surface area contributed by atoms with Crippen LogP contribution in [0.1, 0.15) is 42.6 Å². The van der Waals surface area contributed by atoms with Crippen molar-refractivity contribution in [2.45, 2.75) is 32.9 Å². The molecule has 1 nitrogen and oxygen atoms in total. The largest absolute Gasteiger partial charge is 0.304 e. The molecule has 0 fully saturated rings. The number of hydrogen-bond acceptors (Lipinski definition) is 1. The summed E-state index contributed by atoms with van der Waals surface area (Å²) in [5.74, 6) is -0.222. The molecule has 20 heavy (non-hydrogen) atoms. The molecule has 106 valence electrons. The molecule has 0 saturated carbocycles. The van der Waals surface area contributed by atoms with E-state index in [0.717, 1.165) is 10.0 Å². The lowest BCUT2D eigenvalue weighted by Gasteiger charge is -2.23. The third-order valence-corrected chi connectivity index (χ3v) is 4.27. The average molecular weight is 336 g/mol. The van der Waals surface area contributed by atoms with Gasteiger partial charge in [0, 0.05) is 16.6 Å². The van der Waals surface area contributed by atoms with Gasteiger partial charge in [0.15, 0.2) is 0 Å². The second kappa shape index (κ2) is 6.51. The van der Waals surface area contributed by atoms with Crippen LogP contribution in [0.25, 0.3) is 0 Å². The van der Waals surface area contributed by atoms with Gasteiger partial charge in [0.2, 0.25) is 0 Å². The van der Waals surface area contributed by atoms with Crippen molar-refractivity contribution in [3.8, 4) is 0 Å². The molecule has 0 heterocycles. The minimum absolute atomic E-state index is 0.139. The molecule has 0 aliphatic heterocycles. The number of aryl methyl sites for hydroxylation is 1. The third kappa shape index (κ3) is 3.47. The highest BCUT2D eigenvalue weighted by molar-refractivity contribution is 9.10. The summed E-state index contributed by atoms with van der Waals surface area (Å²) in [6.45, 7) is 6.36. The molecule has 0 spiro atoms. The van der Waals surface area contributed by atoms with Crippen molar-refractivity contribution in [3.05, 3.63) is 69.4 Å². The van der Waals surface area contributed by atoms with Crippen LogP contribution in [-0.2, 0) is 0 Å². The van der Waals surface area contributed by atoms with E-state index in [9.17, 15) is 4.39 Å². The quantitative estimate of drug-likeness (QED) is 0.798. The summed E-state index contributed by atoms with van der Waals surface area (Å²) in [6.07, 6.45) is 0. The predicted octanol–water partition coefficient (Wildman–Crippen LogP) is 5.31. The Morgan fingerprint density at radius 3 is 2.30 bits per heavy atom. The summed E-state index contributed by atoms with van der Waals surface area (Å²) in [4.78, 5) is 0. The molecule has 2 rings (SSSR count). The van der Waals surface area contributed by atoms with E-state index in [1.807, 2.05) is 12.1 Å². The van der Waals surface area contributed by atoms with Crippen LogP contribution in [0.2, 0.25) is 0 Å². The molecule has 2 unspecified atom stereocenters. The van der Waals surface area contributed by atoms with Gasteiger partial charge in [0.25, 0.3) is 0 Å². The Bertz CT molecular complexity index is 597. The summed E-state index contributed by atoms with van der Waals surface area (Å²) in [7, 11) is 0. The van der Waals surface area contributed by atoms with Crippen molar-refractivity contribution in [2.75, 3.05) is 0 Å². The highest BCUT2D eigenvalue weighted by Crippen LogP contribution is 2.27. The highest BCUT2D eigenvalue weighted by Gasteiger charge is 2.14. The zero-order valence-electron chi connectivity index (χ0n) is 12.0. The van der Waals surface area contributed by atoms with Crippen LogP contribution < -0.4 is 5.32 Å². The van der Waals surface area contributed by atoms with Gasteiger partial charge in [-0.15, -0.1) is 0 Å². The SMILES string of the molecule is Cc1ccccc1C(C)NC(C)c1ccc(F)cc1Br. The van der Waals surface area contributed by atoms with E-state index in [0.29, 0.717) is 0 Å². The van der Waals surface area contributed by atoms with Crippen LogP contribution in [0.4, 0.5) is 4.39 Å². The Kier molecular flexibility index (Phi) is 4.95. The van der Waals surface area contributed by atoms with Crippen LogP contribution in [0.3, 0.4) is 0 Å². The number of rotatable bonds is 4. The van der Waals surface area contributed by atoms with Gasteiger partial charge in [-0.2, -0.15) is 0 Å². The van der Waals surface area contributed by atoms with Gasteiger partial charge in [-0.1, -0.05) is 46.3 Å². The van der Waals surface area contributed by atoms with Crippen molar-refractivity contribution in [1.29, 1.82) is 0 Å². The molecule has 0 amide bonds. The highest BCUT2D eigenvalue weighted by atomic mass is 79.9. The Labute approximate surface area is 128 Å². The fourth-order valence-electron chi connectivity index (χ4n) is 2.48. The lowest BCUT2D eigenvalue weighted by atomic mass is 10.0. The summed E-state index contributed by atoms with van der Waals surface area (Å²) < 4.78 is 13.9. The van der Waals surface area contributed by atoms with Crippen LogP contribution in [-0.4, -0.2) is 0 Å². The summed E-state index contributed by atoms with van der Waals surface area (Å²) in [5, 5.41) is 3.56. The molecule has 1 N–H and O–H groups in total. The number of benzene rings is 2. The summed E-state index contributed by atoms with van der Waals surface area (Å²) >= 11 is 3.43. The monoisotopic (exact) mass is 335 g/mol. The van der Waals surface area contributed by atoms with Crippen molar-refractivity contribution in [2.24, 2.45) is 0 Å². The fourth-order valence-corrected chi connectivity index (χ4v) is 3.17. The number of nitrogens with one attached hydrogen (secondary N) is 1. The van der Waals surface area contributed by atoms with Crippen LogP contribution in [0.15, 0.2) is 46.9 Å². The van der Waals surface area contributed by atoms with E-state index in [-0.39, 0.29) is 17.9 Å². The Morgan fingerprint density at radius 1 is 1.00 bits per heavy atom. The van der Waals surface area contributed by atoms with Gasteiger partial charge in [-0.25, -0.2) is 4.39 Å². The van der Waals surface area contributed by atoms with Crippen molar-refractivity contribution in [1.82, 2.24) is 5.32 Å². The molecule has 0 aromatic heterocycles. The lowest BCUT2D eigenvalue weighted by molar-refractivity contribution is 0.491. The van der Waals surface area contributed by atoms with Gasteiger partial charge in [-0.05, 0) is 49.6 Å². The minimum atomic E-state index is -0.222. The van der Waals surface area contributed by atoms with Crippen LogP contribution >= 0.6 is 15.9 Å². The molecular formula is C17H19BrFN. The first-order valence-electron chi connectivity index (χ1n) is 6.75. The summed E-state index contributed by atoms with van der Waals surface area (Å²) in [6, 6.07) is 13.6. The topological polar surface area (TPSA) is 12.0 Å². The fraction of sp³-hybridized carbons (Fsp3) is 0.294. The summed E-state index contributed by atoms with van der Waals surface area (Å²) in [5.41, 5.74) is 3.63. The maximum Gasteiger partial charge on any atom is 0.124 e. The van der Waals surface area contributed by atoms with E-state index in [1.165, 1.54) is 23.3 Å². The molecule has 2 aromatic carbocycles. The number of halogens is 2. The molecule has 0 radical (unpaired) electrons. The molecule has 2 aromatic rings. The predicted molar refractivity (Wildman–Crippen MR) is 85.2 cm³/mol. The standard InChI is InChI=1S/C17H19BrFN/c1-11-6-4-5-7-15(11)12(2)20-13(3)16-9-8-14(19)10-17(16)18/h4-10,12-13,20H,1-3H3. The molecule has 3 heteroatoms. The molecular weight excluding hydrogens is 317 g/mol. The third-order valence-electron chi connectivity index (χ3n) is 3.58. The first-order valence-corrected chi connectivity index (χ1v) is 7.55. The van der Waals surface area contributed by atoms with Gasteiger partial charge in [-0.3, -0.25) is 0 Å². The minimum Gasteiger partial charge on any atom is -0.304 e. The molecule has 2 atom stereocenters. The Balaban J connectivity index is 2.15. The normalized spacial score (nSPS) is 14.1. The van der Waals surface area contributed by atoms with E-state index in [2.05, 4.69) is 60.2 Å². The van der Waals surface area contributed by atoms with Gasteiger partial charge >= 0.3 is 0 Å². The first-order chi connectivity index (χ1) is 9.49. The number of hydrogen-bond donors (Lipinski definition) is 1. The zero-order chi connectivity index (χ0) is 14.7. The van der Waals surface area contributed by atoms with E-state index >= 15 is 0 Å². The van der Waals surface area contributed by atoms with Gasteiger partial charge in [0.05, 0.1) is 0 Å².